The number of benzene rings is 1. The van der Waals surface area contributed by atoms with Gasteiger partial charge in [0.2, 0.25) is 5.16 Å². The third kappa shape index (κ3) is 3.95. The van der Waals surface area contributed by atoms with Gasteiger partial charge in [0.1, 0.15) is 5.75 Å². The predicted molar refractivity (Wildman–Crippen MR) is 81.5 cm³/mol. The molecule has 1 fully saturated rings. The summed E-state index contributed by atoms with van der Waals surface area (Å²) in [5, 5.41) is 12.7. The maximum Gasteiger partial charge on any atom is 0.209 e. The minimum absolute atomic E-state index is 0.513. The van der Waals surface area contributed by atoms with Gasteiger partial charge in [-0.3, -0.25) is 0 Å². The molecule has 112 valence electrons. The normalized spacial score (nSPS) is 14.3. The van der Waals surface area contributed by atoms with Crippen LogP contribution >= 0.6 is 11.8 Å². The second-order valence-electron chi connectivity index (χ2n) is 5.02. The summed E-state index contributed by atoms with van der Waals surface area (Å²) in [5.41, 5.74) is 6.77. The highest BCUT2D eigenvalue weighted by Gasteiger charge is 2.27. The van der Waals surface area contributed by atoms with Crippen molar-refractivity contribution in [1.82, 2.24) is 20.2 Å². The molecule has 1 aromatic carbocycles. The third-order valence-corrected chi connectivity index (χ3v) is 4.19. The zero-order valence-corrected chi connectivity index (χ0v) is 12.6. The Bertz CT molecular complexity index is 567. The van der Waals surface area contributed by atoms with E-state index in [9.17, 15) is 0 Å². The molecular weight excluding hydrogens is 286 g/mol. The molecule has 0 spiro atoms. The van der Waals surface area contributed by atoms with Gasteiger partial charge >= 0.3 is 0 Å². The van der Waals surface area contributed by atoms with Crippen LogP contribution in [0, 0.1) is 0 Å². The van der Waals surface area contributed by atoms with Crippen molar-refractivity contribution in [2.24, 2.45) is 5.73 Å². The summed E-state index contributed by atoms with van der Waals surface area (Å²) >= 11 is 1.64. The Morgan fingerprint density at radius 1 is 1.29 bits per heavy atom. The predicted octanol–water partition coefficient (Wildman–Crippen LogP) is 1.68. The van der Waals surface area contributed by atoms with Gasteiger partial charge in [-0.25, -0.2) is 4.68 Å². The molecule has 1 aliphatic rings. The Kier molecular flexibility index (Phi) is 4.72. The molecule has 6 nitrogen and oxygen atoms in total. The van der Waals surface area contributed by atoms with Crippen LogP contribution in [-0.4, -0.2) is 39.1 Å². The van der Waals surface area contributed by atoms with Gasteiger partial charge in [0.25, 0.3) is 0 Å². The molecule has 2 aromatic rings. The second-order valence-corrected chi connectivity index (χ2v) is 6.08. The number of tetrazole rings is 1. The quantitative estimate of drug-likeness (QED) is 0.590. The van der Waals surface area contributed by atoms with Gasteiger partial charge < -0.3 is 10.5 Å². The van der Waals surface area contributed by atoms with Crippen LogP contribution in [0.15, 0.2) is 29.4 Å². The van der Waals surface area contributed by atoms with E-state index < -0.39 is 0 Å². The molecule has 7 heteroatoms. The first-order valence-corrected chi connectivity index (χ1v) is 8.18. The molecule has 1 heterocycles. The van der Waals surface area contributed by atoms with E-state index in [0.717, 1.165) is 23.1 Å². The fourth-order valence-corrected chi connectivity index (χ4v) is 2.80. The van der Waals surface area contributed by atoms with Gasteiger partial charge in [-0.05, 0) is 53.9 Å². The Balaban J connectivity index is 1.42. The Hall–Kier alpha value is -1.60. The van der Waals surface area contributed by atoms with Crippen LogP contribution in [0.1, 0.15) is 24.4 Å². The molecule has 0 bridgehead atoms. The summed E-state index contributed by atoms with van der Waals surface area (Å²) in [5.74, 6) is 1.72. The molecule has 0 aliphatic heterocycles. The van der Waals surface area contributed by atoms with Crippen LogP contribution in [0.4, 0.5) is 0 Å². The topological polar surface area (TPSA) is 78.8 Å². The number of rotatable bonds is 8. The van der Waals surface area contributed by atoms with Crippen LogP contribution in [0.25, 0.3) is 0 Å². The summed E-state index contributed by atoms with van der Waals surface area (Å²) in [6, 6.07) is 8.61. The van der Waals surface area contributed by atoms with E-state index in [2.05, 4.69) is 27.7 Å². The first kappa shape index (κ1) is 14.3. The first-order valence-electron chi connectivity index (χ1n) is 7.19. The molecule has 2 N–H and O–H groups in total. The lowest BCUT2D eigenvalue weighted by Crippen LogP contribution is -2.04. The molecule has 21 heavy (non-hydrogen) atoms. The zero-order chi connectivity index (χ0) is 14.5. The molecule has 0 unspecified atom stereocenters. The van der Waals surface area contributed by atoms with Crippen molar-refractivity contribution < 1.29 is 4.74 Å². The fourth-order valence-electron chi connectivity index (χ4n) is 2.04. The SMILES string of the molecule is NCCc1ccc(OCCSc2nnnn2C2CC2)cc1. The van der Waals surface area contributed by atoms with Crippen LogP contribution in [0.3, 0.4) is 0 Å². The lowest BCUT2D eigenvalue weighted by molar-refractivity contribution is 0.343. The monoisotopic (exact) mass is 305 g/mol. The van der Waals surface area contributed by atoms with Gasteiger partial charge in [0.05, 0.1) is 12.6 Å². The molecule has 0 radical (unpaired) electrons. The third-order valence-electron chi connectivity index (χ3n) is 3.29. The van der Waals surface area contributed by atoms with Crippen LogP contribution in [0.5, 0.6) is 5.75 Å². The van der Waals surface area contributed by atoms with E-state index in [1.54, 1.807) is 11.8 Å². The summed E-state index contributed by atoms with van der Waals surface area (Å²) in [4.78, 5) is 0. The number of hydrogen-bond donors (Lipinski definition) is 1. The standard InChI is InChI=1S/C14H19N5OS/c15-8-7-11-1-5-13(6-2-11)20-9-10-21-14-16-17-18-19(14)12-3-4-12/h1-2,5-6,12H,3-4,7-10,15H2. The van der Waals surface area contributed by atoms with E-state index in [1.807, 2.05) is 16.8 Å². The number of aromatic nitrogens is 4. The van der Waals surface area contributed by atoms with E-state index in [0.29, 0.717) is 19.2 Å². The smallest absolute Gasteiger partial charge is 0.209 e. The first-order chi connectivity index (χ1) is 10.4. The number of nitrogens with zero attached hydrogens (tertiary/aromatic N) is 4. The summed E-state index contributed by atoms with van der Waals surface area (Å²) < 4.78 is 7.65. The number of thioether (sulfide) groups is 1. The largest absolute Gasteiger partial charge is 0.493 e. The van der Waals surface area contributed by atoms with Crippen LogP contribution in [0.2, 0.25) is 0 Å². The minimum atomic E-state index is 0.513. The van der Waals surface area contributed by atoms with Crippen LogP contribution in [-0.2, 0) is 6.42 Å². The Labute approximate surface area is 128 Å². The van der Waals surface area contributed by atoms with Crippen molar-refractivity contribution >= 4 is 11.8 Å². The zero-order valence-electron chi connectivity index (χ0n) is 11.8. The van der Waals surface area contributed by atoms with Gasteiger partial charge in [0.15, 0.2) is 0 Å². The van der Waals surface area contributed by atoms with E-state index in [-0.39, 0.29) is 0 Å². The lowest BCUT2D eigenvalue weighted by Gasteiger charge is -2.07. The molecule has 3 rings (SSSR count). The molecule has 1 aliphatic carbocycles. The maximum absolute atomic E-state index is 5.72. The molecule has 0 amide bonds. The number of ether oxygens (including phenoxy) is 1. The average Bonchev–Trinajstić information content (AvgIpc) is 3.25. The molecule has 1 saturated carbocycles. The second kappa shape index (κ2) is 6.91. The van der Waals surface area contributed by atoms with E-state index in [1.165, 1.54) is 18.4 Å². The summed E-state index contributed by atoms with van der Waals surface area (Å²) in [7, 11) is 0. The number of nitrogens with two attached hydrogens (primary N) is 1. The van der Waals surface area contributed by atoms with Crippen molar-refractivity contribution in [3.05, 3.63) is 29.8 Å². The maximum atomic E-state index is 5.72. The minimum Gasteiger partial charge on any atom is -0.493 e. The highest BCUT2D eigenvalue weighted by atomic mass is 32.2. The highest BCUT2D eigenvalue weighted by Crippen LogP contribution is 2.36. The van der Waals surface area contributed by atoms with Gasteiger partial charge in [-0.1, -0.05) is 23.9 Å². The Morgan fingerprint density at radius 3 is 2.81 bits per heavy atom. The molecule has 0 saturated heterocycles. The lowest BCUT2D eigenvalue weighted by atomic mass is 10.1. The summed E-state index contributed by atoms with van der Waals surface area (Å²) in [6.07, 6.45) is 3.27. The van der Waals surface area contributed by atoms with Crippen molar-refractivity contribution in [2.45, 2.75) is 30.5 Å². The van der Waals surface area contributed by atoms with Crippen molar-refractivity contribution in [3.8, 4) is 5.75 Å². The number of hydrogen-bond acceptors (Lipinski definition) is 6. The average molecular weight is 305 g/mol. The Morgan fingerprint density at radius 2 is 2.10 bits per heavy atom. The fraction of sp³-hybridized carbons (Fsp3) is 0.500. The van der Waals surface area contributed by atoms with Gasteiger partial charge in [-0.15, -0.1) is 5.10 Å². The summed E-state index contributed by atoms with van der Waals surface area (Å²) in [6.45, 7) is 1.31. The van der Waals surface area contributed by atoms with Crippen molar-refractivity contribution in [1.29, 1.82) is 0 Å². The highest BCUT2D eigenvalue weighted by molar-refractivity contribution is 7.99. The van der Waals surface area contributed by atoms with Crippen molar-refractivity contribution in [3.63, 3.8) is 0 Å². The van der Waals surface area contributed by atoms with E-state index in [4.69, 9.17) is 10.5 Å². The van der Waals surface area contributed by atoms with Crippen LogP contribution < -0.4 is 10.5 Å². The van der Waals surface area contributed by atoms with Crippen molar-refractivity contribution in [2.75, 3.05) is 18.9 Å². The van der Waals surface area contributed by atoms with E-state index >= 15 is 0 Å². The molecular formula is C14H19N5OS. The molecule has 0 atom stereocenters. The van der Waals surface area contributed by atoms with Gasteiger partial charge in [0, 0.05) is 5.75 Å². The van der Waals surface area contributed by atoms with Gasteiger partial charge in [-0.2, -0.15) is 0 Å². The molecule has 1 aromatic heterocycles.